The van der Waals surface area contributed by atoms with Crippen LogP contribution in [0.5, 0.6) is 0 Å². The molecule has 13 saturated carbocycles. The molecule has 4 aromatic rings. The Morgan fingerprint density at radius 3 is 0.935 bits per heavy atom. The van der Waals surface area contributed by atoms with Crippen molar-refractivity contribution in [1.82, 2.24) is 19.6 Å². The van der Waals surface area contributed by atoms with Crippen LogP contribution >= 0.6 is 0 Å². The van der Waals surface area contributed by atoms with Crippen molar-refractivity contribution >= 4 is 34.1 Å². The number of nitrogens with zero attached hydrogens (tertiary/aromatic N) is 10. The smallest absolute Gasteiger partial charge is 0.269 e. The molecule has 4 saturated heterocycles. The second-order valence-corrected chi connectivity index (χ2v) is 32.1. The van der Waals surface area contributed by atoms with Crippen LogP contribution in [0.25, 0.3) is 0 Å². The van der Waals surface area contributed by atoms with Gasteiger partial charge in [0.25, 0.3) is 11.4 Å². The quantitative estimate of drug-likeness (QED) is 0.105. The van der Waals surface area contributed by atoms with Gasteiger partial charge in [-0.25, -0.2) is 8.78 Å². The summed E-state index contributed by atoms with van der Waals surface area (Å²) in [5.74, 6) is 12.8. The van der Waals surface area contributed by atoms with Gasteiger partial charge in [-0.1, -0.05) is 43.5 Å². The third kappa shape index (κ3) is 14.2. The third-order valence-corrected chi connectivity index (χ3v) is 26.6. The molecule has 0 amide bonds. The van der Waals surface area contributed by atoms with Crippen molar-refractivity contribution in [3.8, 4) is 0 Å². The van der Waals surface area contributed by atoms with Gasteiger partial charge in [0.15, 0.2) is 0 Å². The van der Waals surface area contributed by atoms with E-state index in [4.69, 9.17) is 0 Å². The average Bonchev–Trinajstić information content (AvgIpc) is 0.794. The van der Waals surface area contributed by atoms with E-state index in [1.54, 1.807) is 48.5 Å². The number of anilines is 4. The van der Waals surface area contributed by atoms with E-state index in [1.165, 1.54) is 135 Å². The van der Waals surface area contributed by atoms with Gasteiger partial charge in [-0.15, -0.1) is 0 Å². The molecule has 17 fully saturated rings. The highest BCUT2D eigenvalue weighted by atomic mass is 19.1. The van der Waals surface area contributed by atoms with Crippen LogP contribution in [0, 0.1) is 109 Å². The lowest BCUT2D eigenvalue weighted by atomic mass is 9.54. The molecular weight excluding hydrogens is 1170 g/mol. The number of benzene rings is 4. The van der Waals surface area contributed by atoms with Crippen molar-refractivity contribution in [2.75, 3.05) is 131 Å². The van der Waals surface area contributed by atoms with Gasteiger partial charge >= 0.3 is 0 Å². The topological polar surface area (TPSA) is 112 Å². The molecule has 0 radical (unpaired) electrons. The highest BCUT2D eigenvalue weighted by molar-refractivity contribution is 5.53. The Labute approximate surface area is 553 Å². The van der Waals surface area contributed by atoms with E-state index in [9.17, 15) is 29.0 Å². The van der Waals surface area contributed by atoms with E-state index in [1.807, 2.05) is 48.5 Å². The Balaban J connectivity index is 0.000000103. The van der Waals surface area contributed by atoms with Crippen LogP contribution in [0.15, 0.2) is 97.1 Å². The Hall–Kier alpha value is -5.42. The summed E-state index contributed by atoms with van der Waals surface area (Å²) >= 11 is 0. The number of hydrogen-bond acceptors (Lipinski definition) is 12. The Kier molecular flexibility index (Phi) is 19.4. The Bertz CT molecular complexity index is 2940. The van der Waals surface area contributed by atoms with Gasteiger partial charge in [-0.05, 0) is 235 Å². The van der Waals surface area contributed by atoms with Gasteiger partial charge in [0, 0.05) is 165 Å². The number of halogens is 2. The van der Waals surface area contributed by atoms with Gasteiger partial charge in [0.1, 0.15) is 11.6 Å². The molecule has 0 atom stereocenters. The predicted octanol–water partition coefficient (Wildman–Crippen LogP) is 14.4. The number of nitro benzene ring substituents is 2. The summed E-state index contributed by atoms with van der Waals surface area (Å²) in [7, 11) is 0. The second-order valence-electron chi connectivity index (χ2n) is 32.1. The van der Waals surface area contributed by atoms with Gasteiger partial charge in [-0.3, -0.25) is 39.8 Å². The minimum Gasteiger partial charge on any atom is -0.369 e. The van der Waals surface area contributed by atoms with Crippen LogP contribution in [0.4, 0.5) is 42.9 Å². The van der Waals surface area contributed by atoms with Crippen molar-refractivity contribution in [3.63, 3.8) is 0 Å². The number of non-ortho nitro benzene ring substituents is 2. The fourth-order valence-corrected chi connectivity index (χ4v) is 23.2. The predicted molar refractivity (Wildman–Crippen MR) is 368 cm³/mol. The normalized spacial score (nSPS) is 34.8. The first-order chi connectivity index (χ1) is 45.4. The summed E-state index contributed by atoms with van der Waals surface area (Å²) < 4.78 is 27.8. The molecular formula is C77H106F2N10O4. The fraction of sp³-hybridized carbons (Fsp3) is 0.688. The van der Waals surface area contributed by atoms with E-state index in [0.717, 1.165) is 223 Å². The largest absolute Gasteiger partial charge is 0.369 e. The molecule has 16 heteroatoms. The minimum absolute atomic E-state index is 0.0735. The maximum Gasteiger partial charge on any atom is 0.269 e. The summed E-state index contributed by atoms with van der Waals surface area (Å²) in [4.78, 5) is 41.1. The van der Waals surface area contributed by atoms with E-state index in [2.05, 4.69) is 39.2 Å². The SMILES string of the molecule is Fc1ccccc1N1CCN(C2C3CC4CC(C3)CC2C4)CC1.Fc1ccccc1N1CCN(CC2CCCCC2)CC1.O=[N+]([O-])c1ccc(N2CCN(C3C4CC5CC(C4)CC3C5)CC2)cc1.O=[N+]([O-])c1ccc(N2CCN(C3C4CC5CC(C4)CC3C5)CC2)cc1. The molecule has 0 aromatic heterocycles. The molecule has 12 bridgehead atoms. The monoisotopic (exact) mass is 1270 g/mol. The van der Waals surface area contributed by atoms with Crippen LogP contribution < -0.4 is 19.6 Å². The Morgan fingerprint density at radius 2 is 0.634 bits per heavy atom. The molecule has 4 heterocycles. The zero-order chi connectivity index (χ0) is 63.1. The summed E-state index contributed by atoms with van der Waals surface area (Å²) in [5, 5.41) is 21.6. The average molecular weight is 1270 g/mol. The zero-order valence-electron chi connectivity index (χ0n) is 55.5. The molecule has 0 N–H and O–H groups in total. The lowest BCUT2D eigenvalue weighted by Gasteiger charge is -2.58. The molecule has 4 aromatic carbocycles. The van der Waals surface area contributed by atoms with Crippen LogP contribution in [-0.4, -0.2) is 159 Å². The van der Waals surface area contributed by atoms with E-state index in [-0.39, 0.29) is 32.9 Å². The van der Waals surface area contributed by atoms with E-state index >= 15 is 0 Å². The zero-order valence-corrected chi connectivity index (χ0v) is 55.5. The van der Waals surface area contributed by atoms with Gasteiger partial charge in [-0.2, -0.15) is 0 Å². The highest BCUT2D eigenvalue weighted by Crippen LogP contribution is 2.58. The van der Waals surface area contributed by atoms with Gasteiger partial charge in [0.05, 0.1) is 21.2 Å². The molecule has 14 nitrogen and oxygen atoms in total. The molecule has 17 aliphatic rings. The fourth-order valence-electron chi connectivity index (χ4n) is 23.2. The summed E-state index contributed by atoms with van der Waals surface area (Å²) in [6, 6.07) is 31.0. The van der Waals surface area contributed by atoms with Gasteiger partial charge < -0.3 is 19.6 Å². The number of nitro groups is 2. The number of hydrogen-bond donors (Lipinski definition) is 0. The van der Waals surface area contributed by atoms with Crippen molar-refractivity contribution in [1.29, 1.82) is 0 Å². The van der Waals surface area contributed by atoms with Crippen LogP contribution in [0.1, 0.15) is 128 Å². The molecule has 93 heavy (non-hydrogen) atoms. The molecule has 0 unspecified atom stereocenters. The summed E-state index contributed by atoms with van der Waals surface area (Å²) in [6.07, 6.45) is 29.5. The molecule has 21 rings (SSSR count). The van der Waals surface area contributed by atoms with E-state index < -0.39 is 0 Å². The van der Waals surface area contributed by atoms with Crippen molar-refractivity contribution in [2.24, 2.45) is 76.9 Å². The lowest BCUT2D eigenvalue weighted by Crippen LogP contribution is -2.60. The van der Waals surface area contributed by atoms with Crippen molar-refractivity contribution in [3.05, 3.63) is 129 Å². The maximum absolute atomic E-state index is 14.0. The first-order valence-electron chi connectivity index (χ1n) is 37.4. The first-order valence-corrected chi connectivity index (χ1v) is 37.4. The molecule has 0 spiro atoms. The molecule has 13 aliphatic carbocycles. The summed E-state index contributed by atoms with van der Waals surface area (Å²) in [5.41, 5.74) is 4.15. The van der Waals surface area contributed by atoms with Crippen molar-refractivity contribution in [2.45, 2.75) is 147 Å². The standard InChI is InChI=1S/C20H27FN2.2C20H27N3O2.C17H25FN2/c21-18-3-1-2-4-19(18)22-5-7-23(8-6-22)20-16-10-14-9-15(12-16)13-17(20)11-14;2*24-23(25)19-3-1-18(2-4-19)21-5-7-22(8-6-21)20-16-10-14-9-15(12-16)13-17(20)11-14;18-16-8-4-5-9-17(16)20-12-10-19(11-13-20)14-15-6-2-1-3-7-15/h1-4,14-17,20H,5-13H2;2*1-4,14-17,20H,5-13H2;4-5,8-9,15H,1-3,6-7,10-14H2. The number of piperazine rings is 4. The third-order valence-electron chi connectivity index (χ3n) is 26.6. The van der Waals surface area contributed by atoms with E-state index in [0.29, 0.717) is 0 Å². The number of para-hydroxylation sites is 2. The minimum atomic E-state index is -0.325. The maximum atomic E-state index is 14.0. The van der Waals surface area contributed by atoms with Crippen LogP contribution in [0.3, 0.4) is 0 Å². The molecule has 4 aliphatic heterocycles. The molecule has 502 valence electrons. The van der Waals surface area contributed by atoms with Crippen LogP contribution in [-0.2, 0) is 0 Å². The first kappa shape index (κ1) is 63.6. The van der Waals surface area contributed by atoms with Crippen LogP contribution in [0.2, 0.25) is 0 Å². The van der Waals surface area contributed by atoms with Crippen molar-refractivity contribution < 1.29 is 18.6 Å². The highest BCUT2D eigenvalue weighted by Gasteiger charge is 2.53. The summed E-state index contributed by atoms with van der Waals surface area (Å²) in [6.45, 7) is 18.2. The number of rotatable bonds is 11. The van der Waals surface area contributed by atoms with Gasteiger partial charge in [0.2, 0.25) is 0 Å². The Morgan fingerprint density at radius 1 is 0.344 bits per heavy atom. The second kappa shape index (κ2) is 28.3. The lowest BCUT2D eigenvalue weighted by molar-refractivity contribution is -0.385.